The summed E-state index contributed by atoms with van der Waals surface area (Å²) in [7, 11) is 0. The minimum atomic E-state index is 1.12. The lowest BCUT2D eigenvalue weighted by Gasteiger charge is -1.95. The average Bonchev–Trinajstić information content (AvgIpc) is 2.82. The normalized spacial score (nSPS) is 11.0. The molecule has 3 aromatic rings. The summed E-state index contributed by atoms with van der Waals surface area (Å²) < 4.78 is 0. The molecule has 0 unspecified atom stereocenters. The summed E-state index contributed by atoms with van der Waals surface area (Å²) in [6.07, 6.45) is 5.76. The van der Waals surface area contributed by atoms with Crippen LogP contribution in [0, 0.1) is 6.92 Å². The molecule has 2 heterocycles. The Labute approximate surface area is 87.1 Å². The van der Waals surface area contributed by atoms with Crippen molar-refractivity contribution in [1.29, 1.82) is 0 Å². The van der Waals surface area contributed by atoms with Gasteiger partial charge in [-0.2, -0.15) is 5.10 Å². The predicted molar refractivity (Wildman–Crippen MR) is 60.6 cm³/mol. The third kappa shape index (κ3) is 1.24. The van der Waals surface area contributed by atoms with Gasteiger partial charge in [0.1, 0.15) is 0 Å². The second-order valence-corrected chi connectivity index (χ2v) is 3.74. The number of rotatable bonds is 1. The van der Waals surface area contributed by atoms with Gasteiger partial charge in [-0.05, 0) is 18.6 Å². The monoisotopic (exact) mass is 197 g/mol. The third-order valence-electron chi connectivity index (χ3n) is 2.65. The zero-order chi connectivity index (χ0) is 10.3. The average molecular weight is 197 g/mol. The molecule has 0 aliphatic carbocycles. The van der Waals surface area contributed by atoms with Gasteiger partial charge in [-0.1, -0.05) is 12.1 Å². The zero-order valence-corrected chi connectivity index (χ0v) is 8.41. The number of benzene rings is 1. The second-order valence-electron chi connectivity index (χ2n) is 3.74. The van der Waals surface area contributed by atoms with Gasteiger partial charge < -0.3 is 4.98 Å². The molecule has 0 aliphatic heterocycles. The van der Waals surface area contributed by atoms with Crippen molar-refractivity contribution >= 4 is 10.9 Å². The Hall–Kier alpha value is -2.03. The molecule has 1 aromatic carbocycles. The van der Waals surface area contributed by atoms with Gasteiger partial charge in [-0.15, -0.1) is 0 Å². The number of aromatic nitrogens is 3. The first-order valence-corrected chi connectivity index (χ1v) is 4.91. The summed E-state index contributed by atoms with van der Waals surface area (Å²) in [5, 5.41) is 8.03. The Morgan fingerprint density at radius 2 is 2.13 bits per heavy atom. The smallest absolute Gasteiger partial charge is 0.0566 e. The summed E-state index contributed by atoms with van der Waals surface area (Å²) in [6.45, 7) is 2.10. The highest BCUT2D eigenvalue weighted by molar-refractivity contribution is 5.95. The predicted octanol–water partition coefficient (Wildman–Crippen LogP) is 2.87. The molecule has 74 valence electrons. The van der Waals surface area contributed by atoms with Gasteiger partial charge in [-0.25, -0.2) is 0 Å². The van der Waals surface area contributed by atoms with Gasteiger partial charge in [0.05, 0.1) is 6.20 Å². The topological polar surface area (TPSA) is 44.5 Å². The summed E-state index contributed by atoms with van der Waals surface area (Å²) >= 11 is 0. The number of aromatic amines is 2. The molecule has 0 saturated carbocycles. The molecule has 0 aliphatic rings. The first kappa shape index (κ1) is 8.29. The summed E-state index contributed by atoms with van der Waals surface area (Å²) in [5.41, 5.74) is 4.75. The van der Waals surface area contributed by atoms with Crippen LogP contribution in [0.5, 0.6) is 0 Å². The van der Waals surface area contributed by atoms with E-state index in [1.165, 1.54) is 22.0 Å². The fourth-order valence-electron chi connectivity index (χ4n) is 1.88. The minimum absolute atomic E-state index is 1.12. The van der Waals surface area contributed by atoms with Crippen molar-refractivity contribution in [2.75, 3.05) is 0 Å². The Balaban J connectivity index is 2.29. The van der Waals surface area contributed by atoms with E-state index in [1.807, 2.05) is 18.6 Å². The standard InChI is InChI=1S/C12H11N3/c1-8-2-3-10-11(7-13-12(10)4-8)9-5-14-15-6-9/h2-7,13H,1H3,(H,14,15). The highest BCUT2D eigenvalue weighted by Gasteiger charge is 2.06. The third-order valence-corrected chi connectivity index (χ3v) is 2.65. The Bertz CT molecular complexity index is 590. The van der Waals surface area contributed by atoms with E-state index in [-0.39, 0.29) is 0 Å². The maximum atomic E-state index is 3.96. The van der Waals surface area contributed by atoms with Crippen LogP contribution < -0.4 is 0 Å². The summed E-state index contributed by atoms with van der Waals surface area (Å²) in [6, 6.07) is 6.42. The van der Waals surface area contributed by atoms with Gasteiger partial charge in [0.25, 0.3) is 0 Å². The number of nitrogens with zero attached hydrogens (tertiary/aromatic N) is 1. The molecule has 15 heavy (non-hydrogen) atoms. The number of aryl methyl sites for hydroxylation is 1. The molecule has 0 spiro atoms. The lowest BCUT2D eigenvalue weighted by molar-refractivity contribution is 1.09. The molecule has 3 heteroatoms. The lowest BCUT2D eigenvalue weighted by atomic mass is 10.1. The van der Waals surface area contributed by atoms with Crippen molar-refractivity contribution in [2.45, 2.75) is 6.92 Å². The molecule has 3 nitrogen and oxygen atoms in total. The SMILES string of the molecule is Cc1ccc2c(-c3cn[nH]c3)c[nH]c2c1. The van der Waals surface area contributed by atoms with Crippen LogP contribution in [0.1, 0.15) is 5.56 Å². The Kier molecular flexibility index (Phi) is 1.65. The highest BCUT2D eigenvalue weighted by atomic mass is 15.1. The van der Waals surface area contributed by atoms with Crippen LogP contribution >= 0.6 is 0 Å². The molecule has 0 amide bonds. The Morgan fingerprint density at radius 3 is 2.93 bits per heavy atom. The van der Waals surface area contributed by atoms with Crippen molar-refractivity contribution in [3.63, 3.8) is 0 Å². The molecule has 0 atom stereocenters. The van der Waals surface area contributed by atoms with Crippen LogP contribution in [0.4, 0.5) is 0 Å². The molecule has 2 N–H and O–H groups in total. The maximum absolute atomic E-state index is 3.96. The van der Waals surface area contributed by atoms with E-state index in [1.54, 1.807) is 0 Å². The molecule has 2 aromatic heterocycles. The van der Waals surface area contributed by atoms with Crippen LogP contribution in [-0.2, 0) is 0 Å². The van der Waals surface area contributed by atoms with E-state index in [9.17, 15) is 0 Å². The van der Waals surface area contributed by atoms with Gasteiger partial charge in [0.15, 0.2) is 0 Å². The van der Waals surface area contributed by atoms with E-state index in [2.05, 4.69) is 40.3 Å². The molecule has 0 saturated heterocycles. The molecule has 0 radical (unpaired) electrons. The molecule has 3 rings (SSSR count). The largest absolute Gasteiger partial charge is 0.361 e. The Morgan fingerprint density at radius 1 is 1.20 bits per heavy atom. The molecule has 0 bridgehead atoms. The van der Waals surface area contributed by atoms with Crippen LogP contribution in [0.15, 0.2) is 36.8 Å². The number of nitrogens with one attached hydrogen (secondary N) is 2. The van der Waals surface area contributed by atoms with E-state index in [0.29, 0.717) is 0 Å². The van der Waals surface area contributed by atoms with Gasteiger partial charge in [0, 0.05) is 34.4 Å². The quantitative estimate of drug-likeness (QED) is 0.619. The van der Waals surface area contributed by atoms with Crippen molar-refractivity contribution in [3.8, 4) is 11.1 Å². The summed E-state index contributed by atoms with van der Waals surface area (Å²) in [4.78, 5) is 3.28. The van der Waals surface area contributed by atoms with Crippen LogP contribution in [0.2, 0.25) is 0 Å². The van der Waals surface area contributed by atoms with Gasteiger partial charge in [-0.3, -0.25) is 5.10 Å². The minimum Gasteiger partial charge on any atom is -0.361 e. The van der Waals surface area contributed by atoms with Crippen molar-refractivity contribution in [3.05, 3.63) is 42.4 Å². The van der Waals surface area contributed by atoms with Crippen LogP contribution in [0.3, 0.4) is 0 Å². The fraction of sp³-hybridized carbons (Fsp3) is 0.0833. The fourth-order valence-corrected chi connectivity index (χ4v) is 1.88. The summed E-state index contributed by atoms with van der Waals surface area (Å²) in [5.74, 6) is 0. The van der Waals surface area contributed by atoms with Crippen LogP contribution in [-0.4, -0.2) is 15.2 Å². The van der Waals surface area contributed by atoms with Gasteiger partial charge in [0.2, 0.25) is 0 Å². The highest BCUT2D eigenvalue weighted by Crippen LogP contribution is 2.28. The molecule has 0 fully saturated rings. The van der Waals surface area contributed by atoms with E-state index >= 15 is 0 Å². The maximum Gasteiger partial charge on any atom is 0.0566 e. The molecular formula is C12H11N3. The molecular weight excluding hydrogens is 186 g/mol. The number of H-pyrrole nitrogens is 2. The van der Waals surface area contributed by atoms with E-state index in [4.69, 9.17) is 0 Å². The second kappa shape index (κ2) is 2.98. The number of hydrogen-bond donors (Lipinski definition) is 2. The van der Waals surface area contributed by atoms with Crippen molar-refractivity contribution < 1.29 is 0 Å². The first-order chi connectivity index (χ1) is 7.34. The van der Waals surface area contributed by atoms with Crippen LogP contribution in [0.25, 0.3) is 22.0 Å². The lowest BCUT2D eigenvalue weighted by Crippen LogP contribution is -1.73. The first-order valence-electron chi connectivity index (χ1n) is 4.91. The van der Waals surface area contributed by atoms with Crippen molar-refractivity contribution in [2.24, 2.45) is 0 Å². The number of hydrogen-bond acceptors (Lipinski definition) is 1. The van der Waals surface area contributed by atoms with Crippen molar-refractivity contribution in [1.82, 2.24) is 15.2 Å². The van der Waals surface area contributed by atoms with E-state index in [0.717, 1.165) is 5.56 Å². The number of fused-ring (bicyclic) bond motifs is 1. The van der Waals surface area contributed by atoms with E-state index < -0.39 is 0 Å². The van der Waals surface area contributed by atoms with Gasteiger partial charge >= 0.3 is 0 Å². The zero-order valence-electron chi connectivity index (χ0n) is 8.41.